The van der Waals surface area contributed by atoms with Crippen molar-refractivity contribution in [2.24, 2.45) is 0 Å². The second kappa shape index (κ2) is 3.45. The van der Waals surface area contributed by atoms with E-state index < -0.39 is 0 Å². The zero-order valence-electron chi connectivity index (χ0n) is 8.34. The van der Waals surface area contributed by atoms with E-state index in [2.05, 4.69) is 0 Å². The molecule has 0 aromatic heterocycles. The number of rotatable bonds is 1. The van der Waals surface area contributed by atoms with Crippen LogP contribution in [0.1, 0.15) is 41.3 Å². The number of Topliss-reactive ketones (excluding diaryl/α,β-unsaturated/α-hetero) is 1. The van der Waals surface area contributed by atoms with Gasteiger partial charge in [-0.1, -0.05) is 6.07 Å². The molecule has 0 fully saturated rings. The average Bonchev–Trinajstić information content (AvgIpc) is 2.18. The Bertz CT molecular complexity index is 380. The van der Waals surface area contributed by atoms with E-state index >= 15 is 0 Å². The number of carbonyl (C=O) groups excluding carboxylic acids is 1. The van der Waals surface area contributed by atoms with E-state index in [1.807, 2.05) is 6.07 Å². The van der Waals surface area contributed by atoms with Gasteiger partial charge in [-0.05, 0) is 49.8 Å². The topological polar surface area (TPSA) is 37.3 Å². The van der Waals surface area contributed by atoms with Gasteiger partial charge in [-0.2, -0.15) is 0 Å². The number of fused-ring (bicyclic) bond motifs is 1. The second-order valence-electron chi connectivity index (χ2n) is 3.86. The quantitative estimate of drug-likeness (QED) is 0.691. The largest absolute Gasteiger partial charge is 0.507 e. The number of phenols is 1. The first-order valence-corrected chi connectivity index (χ1v) is 5.05. The van der Waals surface area contributed by atoms with E-state index in [1.165, 1.54) is 18.9 Å². The van der Waals surface area contributed by atoms with Gasteiger partial charge in [0.1, 0.15) is 5.75 Å². The Labute approximate surface area is 83.6 Å². The van der Waals surface area contributed by atoms with Crippen molar-refractivity contribution in [3.63, 3.8) is 0 Å². The molecule has 0 spiro atoms. The van der Waals surface area contributed by atoms with Crippen LogP contribution in [0.3, 0.4) is 0 Å². The molecule has 0 aliphatic heterocycles. The fourth-order valence-electron chi connectivity index (χ4n) is 2.09. The van der Waals surface area contributed by atoms with Crippen LogP contribution in [0.15, 0.2) is 12.1 Å². The molecule has 0 saturated heterocycles. The third-order valence-electron chi connectivity index (χ3n) is 2.88. The fraction of sp³-hybridized carbons (Fsp3) is 0.417. The highest BCUT2D eigenvalue weighted by Crippen LogP contribution is 2.31. The predicted molar refractivity (Wildman–Crippen MR) is 54.8 cm³/mol. The van der Waals surface area contributed by atoms with Crippen molar-refractivity contribution in [2.45, 2.75) is 32.6 Å². The van der Waals surface area contributed by atoms with Crippen LogP contribution in [0, 0.1) is 0 Å². The van der Waals surface area contributed by atoms with Crippen molar-refractivity contribution >= 4 is 5.78 Å². The summed E-state index contributed by atoms with van der Waals surface area (Å²) < 4.78 is 0. The highest BCUT2D eigenvalue weighted by Gasteiger charge is 2.17. The Kier molecular flexibility index (Phi) is 2.28. The minimum absolute atomic E-state index is 0.0594. The summed E-state index contributed by atoms with van der Waals surface area (Å²) in [5.74, 6) is 0.158. The average molecular weight is 190 g/mol. The van der Waals surface area contributed by atoms with Gasteiger partial charge in [0.25, 0.3) is 0 Å². The van der Waals surface area contributed by atoms with E-state index in [0.29, 0.717) is 5.56 Å². The molecule has 0 bridgehead atoms. The third-order valence-corrected chi connectivity index (χ3v) is 2.88. The Balaban J connectivity index is 2.54. The van der Waals surface area contributed by atoms with Crippen LogP contribution in [0.2, 0.25) is 0 Å². The molecule has 0 amide bonds. The van der Waals surface area contributed by atoms with Crippen molar-refractivity contribution in [2.75, 3.05) is 0 Å². The summed E-state index contributed by atoms with van der Waals surface area (Å²) >= 11 is 0. The molecule has 2 nitrogen and oxygen atoms in total. The van der Waals surface area contributed by atoms with Crippen molar-refractivity contribution in [1.29, 1.82) is 0 Å². The van der Waals surface area contributed by atoms with Gasteiger partial charge in [0.05, 0.1) is 5.56 Å². The lowest BCUT2D eigenvalue weighted by atomic mass is 9.89. The monoisotopic (exact) mass is 190 g/mol. The van der Waals surface area contributed by atoms with Gasteiger partial charge in [0, 0.05) is 0 Å². The lowest BCUT2D eigenvalue weighted by molar-refractivity contribution is 0.101. The summed E-state index contributed by atoms with van der Waals surface area (Å²) in [5, 5.41) is 9.88. The molecule has 0 unspecified atom stereocenters. The molecule has 2 rings (SSSR count). The van der Waals surface area contributed by atoms with Gasteiger partial charge in [-0.25, -0.2) is 0 Å². The van der Waals surface area contributed by atoms with E-state index in [-0.39, 0.29) is 11.5 Å². The number of carbonyl (C=O) groups is 1. The van der Waals surface area contributed by atoms with E-state index in [0.717, 1.165) is 24.8 Å². The first-order chi connectivity index (χ1) is 6.70. The number of phenolic OH excluding ortho intramolecular Hbond substituents is 1. The molecule has 1 aliphatic carbocycles. The van der Waals surface area contributed by atoms with Crippen LogP contribution in [0.5, 0.6) is 5.75 Å². The standard InChI is InChI=1S/C12H14O2/c1-8(13)10-7-6-9-4-2-3-5-11(9)12(10)14/h6-7,14H,2-5H2,1H3. The lowest BCUT2D eigenvalue weighted by Gasteiger charge is -2.18. The molecule has 74 valence electrons. The Morgan fingerprint density at radius 1 is 1.29 bits per heavy atom. The van der Waals surface area contributed by atoms with Gasteiger partial charge in [-0.3, -0.25) is 4.79 Å². The van der Waals surface area contributed by atoms with Gasteiger partial charge >= 0.3 is 0 Å². The van der Waals surface area contributed by atoms with Crippen LogP contribution in [-0.4, -0.2) is 10.9 Å². The van der Waals surface area contributed by atoms with E-state index in [1.54, 1.807) is 6.07 Å². The summed E-state index contributed by atoms with van der Waals surface area (Å²) in [5.41, 5.74) is 2.66. The molecule has 0 radical (unpaired) electrons. The predicted octanol–water partition coefficient (Wildman–Crippen LogP) is 2.47. The molecule has 0 heterocycles. The SMILES string of the molecule is CC(=O)c1ccc2c(c1O)CCCC2. The number of hydrogen-bond donors (Lipinski definition) is 1. The first kappa shape index (κ1) is 9.25. The molecule has 1 aromatic rings. The Morgan fingerprint density at radius 2 is 2.00 bits per heavy atom. The van der Waals surface area contributed by atoms with Crippen LogP contribution >= 0.6 is 0 Å². The molecule has 1 N–H and O–H groups in total. The van der Waals surface area contributed by atoms with Crippen molar-refractivity contribution in [1.82, 2.24) is 0 Å². The lowest BCUT2D eigenvalue weighted by Crippen LogP contribution is -2.05. The molecule has 1 aliphatic rings. The van der Waals surface area contributed by atoms with Crippen LogP contribution in [-0.2, 0) is 12.8 Å². The fourth-order valence-corrected chi connectivity index (χ4v) is 2.09. The van der Waals surface area contributed by atoms with Gasteiger partial charge < -0.3 is 5.11 Å². The summed E-state index contributed by atoms with van der Waals surface area (Å²) in [6.07, 6.45) is 4.23. The molecule has 2 heteroatoms. The van der Waals surface area contributed by atoms with Gasteiger partial charge in [0.2, 0.25) is 0 Å². The summed E-state index contributed by atoms with van der Waals surface area (Å²) in [4.78, 5) is 11.2. The number of aromatic hydroxyl groups is 1. The maximum absolute atomic E-state index is 11.2. The number of benzene rings is 1. The molecular weight excluding hydrogens is 176 g/mol. The smallest absolute Gasteiger partial charge is 0.163 e. The molecule has 0 atom stereocenters. The van der Waals surface area contributed by atoms with Gasteiger partial charge in [-0.15, -0.1) is 0 Å². The maximum atomic E-state index is 11.2. The van der Waals surface area contributed by atoms with Crippen molar-refractivity contribution in [3.05, 3.63) is 28.8 Å². The van der Waals surface area contributed by atoms with E-state index in [4.69, 9.17) is 0 Å². The van der Waals surface area contributed by atoms with E-state index in [9.17, 15) is 9.90 Å². The summed E-state index contributed by atoms with van der Waals surface area (Å²) in [7, 11) is 0. The maximum Gasteiger partial charge on any atom is 0.163 e. The van der Waals surface area contributed by atoms with Crippen LogP contribution in [0.25, 0.3) is 0 Å². The second-order valence-corrected chi connectivity index (χ2v) is 3.86. The minimum atomic E-state index is -0.0594. The highest BCUT2D eigenvalue weighted by atomic mass is 16.3. The Morgan fingerprint density at radius 3 is 2.71 bits per heavy atom. The van der Waals surface area contributed by atoms with Gasteiger partial charge in [0.15, 0.2) is 5.78 Å². The minimum Gasteiger partial charge on any atom is -0.507 e. The third kappa shape index (κ3) is 1.41. The highest BCUT2D eigenvalue weighted by molar-refractivity contribution is 5.97. The van der Waals surface area contributed by atoms with Crippen LogP contribution in [0.4, 0.5) is 0 Å². The first-order valence-electron chi connectivity index (χ1n) is 5.05. The number of ketones is 1. The zero-order chi connectivity index (χ0) is 10.1. The molecule has 1 aromatic carbocycles. The number of hydrogen-bond acceptors (Lipinski definition) is 2. The van der Waals surface area contributed by atoms with Crippen LogP contribution < -0.4 is 0 Å². The van der Waals surface area contributed by atoms with Crippen molar-refractivity contribution < 1.29 is 9.90 Å². The zero-order valence-corrected chi connectivity index (χ0v) is 8.34. The Hall–Kier alpha value is -1.31. The van der Waals surface area contributed by atoms with Crippen molar-refractivity contribution in [3.8, 4) is 5.75 Å². The molecule has 14 heavy (non-hydrogen) atoms. The normalized spacial score (nSPS) is 14.9. The summed E-state index contributed by atoms with van der Waals surface area (Å²) in [6, 6.07) is 3.72. The molecule has 0 saturated carbocycles. The molecular formula is C12H14O2. The summed E-state index contributed by atoms with van der Waals surface area (Å²) in [6.45, 7) is 1.49. The number of aryl methyl sites for hydroxylation is 1.